The van der Waals surface area contributed by atoms with Crippen molar-refractivity contribution in [3.8, 4) is 11.5 Å². The second kappa shape index (κ2) is 9.25. The van der Waals surface area contributed by atoms with Crippen molar-refractivity contribution in [2.24, 2.45) is 0 Å². The van der Waals surface area contributed by atoms with Crippen molar-refractivity contribution < 1.29 is 19.0 Å². The van der Waals surface area contributed by atoms with Crippen LogP contribution in [0.3, 0.4) is 0 Å². The fourth-order valence-electron chi connectivity index (χ4n) is 4.82. The summed E-state index contributed by atoms with van der Waals surface area (Å²) in [6.45, 7) is 1.81. The summed E-state index contributed by atoms with van der Waals surface area (Å²) in [5, 5.41) is 10.3. The number of nitrogens with one attached hydrogen (secondary N) is 1. The molecule has 5 nitrogen and oxygen atoms in total. The fraction of sp³-hybridized carbons (Fsp3) is 0.259. The molecule has 1 aliphatic rings. The predicted octanol–water partition coefficient (Wildman–Crippen LogP) is 4.83. The highest BCUT2D eigenvalue weighted by atomic mass is 19.1. The number of para-hydroxylation sites is 1. The van der Waals surface area contributed by atoms with Gasteiger partial charge in [-0.1, -0.05) is 36.4 Å². The van der Waals surface area contributed by atoms with Gasteiger partial charge in [0.2, 0.25) is 0 Å². The van der Waals surface area contributed by atoms with Crippen molar-refractivity contribution in [2.45, 2.75) is 19.0 Å². The molecule has 1 aromatic heterocycles. The van der Waals surface area contributed by atoms with Gasteiger partial charge in [-0.15, -0.1) is 0 Å². The number of methoxy groups -OCH3 is 1. The third kappa shape index (κ3) is 4.19. The molecule has 4 aromatic rings. The van der Waals surface area contributed by atoms with Gasteiger partial charge in [-0.05, 0) is 53.4 Å². The van der Waals surface area contributed by atoms with Crippen molar-refractivity contribution in [1.82, 2.24) is 9.88 Å². The molecule has 0 fully saturated rings. The summed E-state index contributed by atoms with van der Waals surface area (Å²) in [4.78, 5) is 6.04. The average molecular weight is 447 g/mol. The lowest BCUT2D eigenvalue weighted by Gasteiger charge is -2.36. The second-order valence-electron chi connectivity index (χ2n) is 8.30. The lowest BCUT2D eigenvalue weighted by atomic mass is 9.91. The molecule has 1 aliphatic heterocycles. The Morgan fingerprint density at radius 3 is 2.82 bits per heavy atom. The summed E-state index contributed by atoms with van der Waals surface area (Å²) in [7, 11) is 1.49. The molecule has 33 heavy (non-hydrogen) atoms. The van der Waals surface area contributed by atoms with Gasteiger partial charge in [-0.2, -0.15) is 0 Å². The Hall–Kier alpha value is -3.35. The highest BCUT2D eigenvalue weighted by Gasteiger charge is 2.32. The topological polar surface area (TPSA) is 57.7 Å². The monoisotopic (exact) mass is 446 g/mol. The second-order valence-corrected chi connectivity index (χ2v) is 8.30. The molecule has 6 heteroatoms. The van der Waals surface area contributed by atoms with Crippen LogP contribution in [0, 0.1) is 5.82 Å². The number of hydrogen-bond donors (Lipinski definition) is 2. The predicted molar refractivity (Wildman–Crippen MR) is 126 cm³/mol. The minimum absolute atomic E-state index is 0.0199. The van der Waals surface area contributed by atoms with Crippen molar-refractivity contribution in [3.63, 3.8) is 0 Å². The van der Waals surface area contributed by atoms with Gasteiger partial charge in [0.1, 0.15) is 12.4 Å². The molecule has 0 bridgehead atoms. The molecule has 170 valence electrons. The van der Waals surface area contributed by atoms with Gasteiger partial charge < -0.3 is 19.6 Å². The zero-order chi connectivity index (χ0) is 22.8. The van der Waals surface area contributed by atoms with Gasteiger partial charge >= 0.3 is 0 Å². The van der Waals surface area contributed by atoms with Crippen LogP contribution in [-0.4, -0.2) is 41.9 Å². The first-order valence-electron chi connectivity index (χ1n) is 11.2. The number of H-pyrrole nitrogens is 1. The first kappa shape index (κ1) is 21.5. The van der Waals surface area contributed by atoms with E-state index in [1.165, 1.54) is 24.1 Å². The Morgan fingerprint density at radius 2 is 1.97 bits per heavy atom. The van der Waals surface area contributed by atoms with Crippen LogP contribution in [0.25, 0.3) is 10.9 Å². The number of aliphatic hydroxyl groups is 1. The molecule has 2 N–H and O–H groups in total. The number of ether oxygens (including phenoxy) is 2. The van der Waals surface area contributed by atoms with Crippen LogP contribution in [0.1, 0.15) is 28.4 Å². The van der Waals surface area contributed by atoms with Crippen molar-refractivity contribution in [3.05, 3.63) is 94.9 Å². The Kier molecular flexibility index (Phi) is 6.03. The Bertz CT molecular complexity index is 1270. The average Bonchev–Trinajstić information content (AvgIpc) is 3.22. The summed E-state index contributed by atoms with van der Waals surface area (Å²) in [6.07, 6.45) is 0.925. The maximum Gasteiger partial charge on any atom is 0.165 e. The lowest BCUT2D eigenvalue weighted by Crippen LogP contribution is -2.35. The largest absolute Gasteiger partial charge is 0.494 e. The third-order valence-corrected chi connectivity index (χ3v) is 6.27. The number of aliphatic hydroxyl groups excluding tert-OH is 1. The molecule has 0 spiro atoms. The van der Waals surface area contributed by atoms with Crippen LogP contribution < -0.4 is 9.47 Å². The fourth-order valence-corrected chi connectivity index (χ4v) is 4.82. The van der Waals surface area contributed by atoms with Gasteiger partial charge in [0.25, 0.3) is 0 Å². The molecule has 0 aliphatic carbocycles. The van der Waals surface area contributed by atoms with Crippen LogP contribution >= 0.6 is 0 Å². The minimum atomic E-state index is -0.366. The van der Waals surface area contributed by atoms with E-state index in [4.69, 9.17) is 14.6 Å². The molecule has 2 heterocycles. The van der Waals surface area contributed by atoms with Crippen LogP contribution in [-0.2, 0) is 13.0 Å². The molecule has 0 saturated carbocycles. The number of nitrogens with zero attached hydrogens (tertiary/aromatic N) is 1. The summed E-state index contributed by atoms with van der Waals surface area (Å²) >= 11 is 0. The third-order valence-electron chi connectivity index (χ3n) is 6.27. The Morgan fingerprint density at radius 1 is 1.09 bits per heavy atom. The van der Waals surface area contributed by atoms with Gasteiger partial charge in [0, 0.05) is 29.7 Å². The molecule has 0 amide bonds. The van der Waals surface area contributed by atoms with E-state index in [1.807, 2.05) is 30.3 Å². The van der Waals surface area contributed by atoms with E-state index in [-0.39, 0.29) is 30.8 Å². The van der Waals surface area contributed by atoms with Gasteiger partial charge in [0.15, 0.2) is 11.6 Å². The maximum atomic E-state index is 14.2. The lowest BCUT2D eigenvalue weighted by molar-refractivity contribution is 0.196. The van der Waals surface area contributed by atoms with Crippen molar-refractivity contribution >= 4 is 10.9 Å². The maximum absolute atomic E-state index is 14.2. The molecule has 0 radical (unpaired) electrons. The number of benzene rings is 3. The molecule has 5 rings (SSSR count). The number of fused-ring (bicyclic) bond motifs is 3. The summed E-state index contributed by atoms with van der Waals surface area (Å²) in [5.41, 5.74) is 5.67. The van der Waals surface area contributed by atoms with Gasteiger partial charge in [-0.25, -0.2) is 4.39 Å². The van der Waals surface area contributed by atoms with Crippen LogP contribution in [0.2, 0.25) is 0 Å². The van der Waals surface area contributed by atoms with Crippen LogP contribution in [0.15, 0.2) is 66.7 Å². The number of aromatic amines is 1. The van der Waals surface area contributed by atoms with Crippen molar-refractivity contribution in [2.75, 3.05) is 26.9 Å². The SMILES string of the molecule is COc1cc(C2c3[nH]c4ccccc4c3CCN2Cc2cccc(OCCO)c2)ccc1F. The Labute approximate surface area is 192 Å². The highest BCUT2D eigenvalue weighted by Crippen LogP contribution is 2.40. The standard InChI is InChI=1S/C27H27FN2O3/c1-32-25-16-19(9-10-23(25)28)27-26-22(21-7-2-3-8-24(21)29-26)11-12-30(27)17-18-5-4-6-20(15-18)33-14-13-31/h2-10,15-16,27,29,31H,11-14,17H2,1H3. The minimum Gasteiger partial charge on any atom is -0.494 e. The molecule has 1 atom stereocenters. The van der Waals surface area contributed by atoms with E-state index < -0.39 is 0 Å². The summed E-state index contributed by atoms with van der Waals surface area (Å²) < 4.78 is 25.1. The molecule has 3 aromatic carbocycles. The van der Waals surface area contributed by atoms with E-state index in [9.17, 15) is 4.39 Å². The first-order chi connectivity index (χ1) is 16.2. The first-order valence-corrected chi connectivity index (χ1v) is 11.2. The molecular formula is C27H27FN2O3. The van der Waals surface area contributed by atoms with Crippen LogP contribution in [0.5, 0.6) is 11.5 Å². The summed E-state index contributed by atoms with van der Waals surface area (Å²) in [6, 6.07) is 21.4. The van der Waals surface area contributed by atoms with E-state index in [0.717, 1.165) is 41.1 Å². The summed E-state index contributed by atoms with van der Waals surface area (Å²) in [5.74, 6) is 0.620. The number of halogens is 1. The van der Waals surface area contributed by atoms with E-state index >= 15 is 0 Å². The highest BCUT2D eigenvalue weighted by molar-refractivity contribution is 5.85. The van der Waals surface area contributed by atoms with Gasteiger partial charge in [-0.3, -0.25) is 4.90 Å². The quantitative estimate of drug-likeness (QED) is 0.427. The molecule has 1 unspecified atom stereocenters. The number of aromatic nitrogens is 1. The van der Waals surface area contributed by atoms with Gasteiger partial charge in [0.05, 0.1) is 19.8 Å². The van der Waals surface area contributed by atoms with E-state index in [1.54, 1.807) is 6.07 Å². The number of hydrogen-bond acceptors (Lipinski definition) is 4. The van der Waals surface area contributed by atoms with E-state index in [0.29, 0.717) is 6.54 Å². The Balaban J connectivity index is 1.56. The molecular weight excluding hydrogens is 419 g/mol. The normalized spacial score (nSPS) is 16.0. The zero-order valence-corrected chi connectivity index (χ0v) is 18.6. The van der Waals surface area contributed by atoms with Crippen molar-refractivity contribution in [1.29, 1.82) is 0 Å². The molecule has 0 saturated heterocycles. The van der Waals surface area contributed by atoms with Crippen LogP contribution in [0.4, 0.5) is 4.39 Å². The smallest absolute Gasteiger partial charge is 0.165 e. The number of rotatable bonds is 7. The van der Waals surface area contributed by atoms with E-state index in [2.05, 4.69) is 34.1 Å². The zero-order valence-electron chi connectivity index (χ0n) is 18.6.